The van der Waals surface area contributed by atoms with E-state index in [1.54, 1.807) is 12.4 Å². The van der Waals surface area contributed by atoms with Crippen LogP contribution < -0.4 is 10.6 Å². The molecule has 2 heterocycles. The van der Waals surface area contributed by atoms with Gasteiger partial charge in [0.05, 0.1) is 22.2 Å². The predicted octanol–water partition coefficient (Wildman–Crippen LogP) is 2.19. The molecule has 1 aromatic carbocycles. The van der Waals surface area contributed by atoms with E-state index in [-0.39, 0.29) is 12.4 Å². The minimum absolute atomic E-state index is 0. The second-order valence-corrected chi connectivity index (χ2v) is 4.43. The Morgan fingerprint density at radius 3 is 2.83 bits per heavy atom. The van der Waals surface area contributed by atoms with E-state index in [9.17, 15) is 0 Å². The van der Waals surface area contributed by atoms with Crippen molar-refractivity contribution in [3.8, 4) is 0 Å². The van der Waals surface area contributed by atoms with E-state index in [0.717, 1.165) is 40.2 Å². The van der Waals surface area contributed by atoms with Crippen LogP contribution in [0.15, 0.2) is 34.0 Å². The third kappa shape index (κ3) is 2.39. The molecule has 0 fully saturated rings. The average Bonchev–Trinajstić information content (AvgIpc) is 2.86. The summed E-state index contributed by atoms with van der Waals surface area (Å²) in [5, 5.41) is 6.39. The lowest BCUT2D eigenvalue weighted by Gasteiger charge is -2.09. The monoisotopic (exact) mass is 327 g/mol. The van der Waals surface area contributed by atoms with Crippen LogP contribution in [0.25, 0.3) is 11.0 Å². The largest absolute Gasteiger partial charge is 0.354 e. The third-order valence-electron chi connectivity index (χ3n) is 2.51. The van der Waals surface area contributed by atoms with Crippen LogP contribution in [-0.2, 0) is 0 Å². The summed E-state index contributed by atoms with van der Waals surface area (Å²) >= 11 is 3.54. The number of nitrogens with one attached hydrogen (secondary N) is 2. The van der Waals surface area contributed by atoms with Crippen molar-refractivity contribution in [1.82, 2.24) is 15.3 Å². The van der Waals surface area contributed by atoms with Gasteiger partial charge in [-0.05, 0) is 28.1 Å². The Balaban J connectivity index is 0.00000120. The molecule has 2 N–H and O–H groups in total. The van der Waals surface area contributed by atoms with Gasteiger partial charge in [-0.2, -0.15) is 0 Å². The number of guanidine groups is 1. The first kappa shape index (κ1) is 13.0. The molecule has 0 bridgehead atoms. The van der Waals surface area contributed by atoms with Gasteiger partial charge in [0.15, 0.2) is 5.96 Å². The molecule has 18 heavy (non-hydrogen) atoms. The predicted molar refractivity (Wildman–Crippen MR) is 78.4 cm³/mol. The van der Waals surface area contributed by atoms with Crippen LogP contribution >= 0.6 is 28.3 Å². The summed E-state index contributed by atoms with van der Waals surface area (Å²) in [5.74, 6) is 0.800. The summed E-state index contributed by atoms with van der Waals surface area (Å²) in [6, 6.07) is 3.90. The molecule has 0 saturated carbocycles. The van der Waals surface area contributed by atoms with Crippen molar-refractivity contribution in [2.24, 2.45) is 4.99 Å². The zero-order chi connectivity index (χ0) is 11.7. The fourth-order valence-electron chi connectivity index (χ4n) is 1.71. The maximum absolute atomic E-state index is 4.31. The summed E-state index contributed by atoms with van der Waals surface area (Å²) in [7, 11) is 0. The molecule has 0 amide bonds. The van der Waals surface area contributed by atoms with E-state index < -0.39 is 0 Å². The molecule has 0 unspecified atom stereocenters. The minimum Gasteiger partial charge on any atom is -0.354 e. The third-order valence-corrected chi connectivity index (χ3v) is 3.31. The molecule has 2 aromatic rings. The molecule has 0 atom stereocenters. The zero-order valence-electron chi connectivity index (χ0n) is 9.35. The highest BCUT2D eigenvalue weighted by atomic mass is 79.9. The normalized spacial score (nSPS) is 13.7. The van der Waals surface area contributed by atoms with Crippen molar-refractivity contribution in [1.29, 1.82) is 0 Å². The highest BCUT2D eigenvalue weighted by molar-refractivity contribution is 9.10. The number of aliphatic imine (C=N–C) groups is 1. The molecule has 3 rings (SSSR count). The minimum atomic E-state index is 0. The highest BCUT2D eigenvalue weighted by Gasteiger charge is 2.10. The highest BCUT2D eigenvalue weighted by Crippen LogP contribution is 2.28. The molecule has 1 aromatic heterocycles. The van der Waals surface area contributed by atoms with Gasteiger partial charge in [0, 0.05) is 18.9 Å². The molecular weight excluding hydrogens is 318 g/mol. The van der Waals surface area contributed by atoms with Crippen LogP contribution in [0.1, 0.15) is 0 Å². The van der Waals surface area contributed by atoms with Gasteiger partial charge in [-0.1, -0.05) is 0 Å². The van der Waals surface area contributed by atoms with Crippen LogP contribution in [0.4, 0.5) is 5.69 Å². The Morgan fingerprint density at radius 1 is 1.22 bits per heavy atom. The van der Waals surface area contributed by atoms with Crippen LogP contribution in [0, 0.1) is 0 Å². The first-order chi connectivity index (χ1) is 8.34. The Kier molecular flexibility index (Phi) is 3.98. The molecule has 0 spiro atoms. The first-order valence-electron chi connectivity index (χ1n) is 5.29. The first-order valence-corrected chi connectivity index (χ1v) is 6.08. The molecule has 7 heteroatoms. The van der Waals surface area contributed by atoms with E-state index in [4.69, 9.17) is 0 Å². The van der Waals surface area contributed by atoms with Crippen LogP contribution in [-0.4, -0.2) is 29.0 Å². The van der Waals surface area contributed by atoms with Gasteiger partial charge in [0.25, 0.3) is 0 Å². The molecule has 0 aliphatic carbocycles. The van der Waals surface area contributed by atoms with E-state index in [2.05, 4.69) is 41.5 Å². The number of hydrogen-bond donors (Lipinski definition) is 2. The second-order valence-electron chi connectivity index (χ2n) is 3.63. The molecule has 1 aliphatic rings. The smallest absolute Gasteiger partial charge is 0.195 e. The van der Waals surface area contributed by atoms with Gasteiger partial charge in [0.2, 0.25) is 0 Å². The van der Waals surface area contributed by atoms with Crippen LogP contribution in [0.2, 0.25) is 0 Å². The second kappa shape index (κ2) is 5.49. The van der Waals surface area contributed by atoms with E-state index >= 15 is 0 Å². The Labute approximate surface area is 119 Å². The fraction of sp³-hybridized carbons (Fsp3) is 0.182. The van der Waals surface area contributed by atoms with Gasteiger partial charge in [-0.3, -0.25) is 15.0 Å². The maximum atomic E-state index is 4.31. The topological polar surface area (TPSA) is 62.2 Å². The number of aromatic nitrogens is 2. The fourth-order valence-corrected chi connectivity index (χ4v) is 2.25. The molecule has 0 radical (unpaired) electrons. The van der Waals surface area contributed by atoms with Crippen molar-refractivity contribution in [2.75, 3.05) is 18.4 Å². The lowest BCUT2D eigenvalue weighted by Crippen LogP contribution is -2.26. The average molecular weight is 329 g/mol. The van der Waals surface area contributed by atoms with Crippen LogP contribution in [0.3, 0.4) is 0 Å². The number of benzene rings is 1. The van der Waals surface area contributed by atoms with Crippen molar-refractivity contribution in [2.45, 2.75) is 0 Å². The standard InChI is InChI=1S/C11H10BrN5.ClH/c12-9-7(17-11-15-5-6-16-11)1-2-8-10(9)14-4-3-13-8;/h1-4H,5-6H2,(H2,15,16,17);1H. The van der Waals surface area contributed by atoms with Gasteiger partial charge in [-0.25, -0.2) is 0 Å². The van der Waals surface area contributed by atoms with Crippen LogP contribution in [0.5, 0.6) is 0 Å². The lowest BCUT2D eigenvalue weighted by atomic mass is 10.2. The number of fused-ring (bicyclic) bond motifs is 1. The zero-order valence-corrected chi connectivity index (χ0v) is 11.8. The van der Waals surface area contributed by atoms with Gasteiger partial charge in [-0.15, -0.1) is 12.4 Å². The summed E-state index contributed by atoms with van der Waals surface area (Å²) in [4.78, 5) is 12.8. The van der Waals surface area contributed by atoms with Crippen molar-refractivity contribution >= 4 is 51.0 Å². The van der Waals surface area contributed by atoms with Gasteiger partial charge in [0.1, 0.15) is 5.52 Å². The summed E-state index contributed by atoms with van der Waals surface area (Å²) in [6.45, 7) is 1.70. The van der Waals surface area contributed by atoms with E-state index in [1.165, 1.54) is 0 Å². The summed E-state index contributed by atoms with van der Waals surface area (Å²) in [6.07, 6.45) is 3.37. The molecule has 94 valence electrons. The van der Waals surface area contributed by atoms with E-state index in [1.807, 2.05) is 12.1 Å². The molecule has 0 saturated heterocycles. The maximum Gasteiger partial charge on any atom is 0.195 e. The van der Waals surface area contributed by atoms with Crippen molar-refractivity contribution in [3.05, 3.63) is 29.0 Å². The summed E-state index contributed by atoms with van der Waals surface area (Å²) < 4.78 is 0.902. The Morgan fingerprint density at radius 2 is 2.06 bits per heavy atom. The van der Waals surface area contributed by atoms with E-state index in [0.29, 0.717) is 0 Å². The number of halogens is 2. The Bertz CT molecular complexity index is 601. The number of hydrogen-bond acceptors (Lipinski definition) is 5. The van der Waals surface area contributed by atoms with Crippen molar-refractivity contribution in [3.63, 3.8) is 0 Å². The quantitative estimate of drug-likeness (QED) is 0.842. The summed E-state index contributed by atoms with van der Waals surface area (Å²) in [5.41, 5.74) is 2.65. The molecule has 1 aliphatic heterocycles. The number of rotatable bonds is 1. The Hall–Kier alpha value is -1.40. The SMILES string of the molecule is Brc1c(NC2=NCCN2)ccc2nccnc12.Cl. The molecular formula is C11H11BrClN5. The molecule has 5 nitrogen and oxygen atoms in total. The lowest BCUT2D eigenvalue weighted by molar-refractivity contribution is 0.959. The van der Waals surface area contributed by atoms with Gasteiger partial charge >= 0.3 is 0 Å². The van der Waals surface area contributed by atoms with Crippen molar-refractivity contribution < 1.29 is 0 Å². The van der Waals surface area contributed by atoms with Gasteiger partial charge < -0.3 is 10.6 Å². The number of anilines is 1. The number of nitrogens with zero attached hydrogens (tertiary/aromatic N) is 3.